The minimum absolute atomic E-state index is 0.318. The van der Waals surface area contributed by atoms with Crippen molar-refractivity contribution in [3.63, 3.8) is 0 Å². The van der Waals surface area contributed by atoms with E-state index >= 15 is 0 Å². The van der Waals surface area contributed by atoms with Crippen LogP contribution in [-0.4, -0.2) is 37.7 Å². The maximum Gasteiger partial charge on any atom is 0.0949 e. The molecule has 1 aliphatic rings. The quantitative estimate of drug-likeness (QED) is 0.531. The standard InChI is InChI=1S/C8H13NO.C3H8/c1-3-4-8-7-10-6-5-9(8)2;1-3-2/h8H,5-7H2,1-2H3;3H2,1-2H3. The van der Waals surface area contributed by atoms with Crippen molar-refractivity contribution in [3.05, 3.63) is 0 Å². The molecular weight excluding hydrogens is 162 g/mol. The van der Waals surface area contributed by atoms with Crippen molar-refractivity contribution in [2.75, 3.05) is 26.8 Å². The molecule has 1 saturated heterocycles. The van der Waals surface area contributed by atoms with Crippen LogP contribution in [0.4, 0.5) is 0 Å². The van der Waals surface area contributed by atoms with Gasteiger partial charge in [0.15, 0.2) is 0 Å². The molecule has 0 bridgehead atoms. The van der Waals surface area contributed by atoms with Crippen LogP contribution < -0.4 is 0 Å². The van der Waals surface area contributed by atoms with Crippen molar-refractivity contribution in [1.29, 1.82) is 0 Å². The zero-order chi connectivity index (χ0) is 10.1. The van der Waals surface area contributed by atoms with Gasteiger partial charge in [-0.1, -0.05) is 26.2 Å². The molecule has 0 radical (unpaired) electrons. The summed E-state index contributed by atoms with van der Waals surface area (Å²) < 4.78 is 5.26. The Morgan fingerprint density at radius 2 is 2.08 bits per heavy atom. The SMILES string of the molecule is CC#CC1COCCN1C.CCC. The van der Waals surface area contributed by atoms with E-state index in [1.807, 2.05) is 6.92 Å². The van der Waals surface area contributed by atoms with Crippen LogP contribution in [0.5, 0.6) is 0 Å². The predicted octanol–water partition coefficient (Wildman–Crippen LogP) is 1.76. The van der Waals surface area contributed by atoms with Crippen molar-refractivity contribution >= 4 is 0 Å². The molecule has 76 valence electrons. The van der Waals surface area contributed by atoms with Crippen molar-refractivity contribution in [2.24, 2.45) is 0 Å². The number of likely N-dealkylation sites (N-methyl/N-ethyl adjacent to an activating group) is 1. The average molecular weight is 183 g/mol. The lowest BCUT2D eigenvalue weighted by molar-refractivity contribution is 0.0267. The van der Waals surface area contributed by atoms with E-state index in [9.17, 15) is 0 Å². The predicted molar refractivity (Wildman–Crippen MR) is 56.7 cm³/mol. The molecule has 1 unspecified atom stereocenters. The molecule has 1 heterocycles. The van der Waals surface area contributed by atoms with Crippen molar-refractivity contribution < 1.29 is 4.74 Å². The van der Waals surface area contributed by atoms with Gasteiger partial charge in [-0.2, -0.15) is 0 Å². The fraction of sp³-hybridized carbons (Fsp3) is 0.818. The highest BCUT2D eigenvalue weighted by atomic mass is 16.5. The molecule has 0 aromatic carbocycles. The zero-order valence-corrected chi connectivity index (χ0v) is 9.26. The van der Waals surface area contributed by atoms with Crippen LogP contribution >= 0.6 is 0 Å². The molecule has 0 N–H and O–H groups in total. The summed E-state index contributed by atoms with van der Waals surface area (Å²) in [6.45, 7) is 8.72. The van der Waals surface area contributed by atoms with E-state index in [0.29, 0.717) is 6.04 Å². The highest BCUT2D eigenvalue weighted by Crippen LogP contribution is 2.01. The van der Waals surface area contributed by atoms with Crippen molar-refractivity contribution in [3.8, 4) is 11.8 Å². The molecule has 0 spiro atoms. The fourth-order valence-electron chi connectivity index (χ4n) is 1.01. The van der Waals surface area contributed by atoms with Gasteiger partial charge in [0, 0.05) is 6.54 Å². The molecular formula is C11H21NO. The summed E-state index contributed by atoms with van der Waals surface area (Å²) in [4.78, 5) is 2.22. The van der Waals surface area contributed by atoms with Crippen LogP contribution in [0.3, 0.4) is 0 Å². The number of hydrogen-bond donors (Lipinski definition) is 0. The highest BCUT2D eigenvalue weighted by Gasteiger charge is 2.15. The van der Waals surface area contributed by atoms with Gasteiger partial charge in [0.05, 0.1) is 19.3 Å². The fourth-order valence-corrected chi connectivity index (χ4v) is 1.01. The number of nitrogens with zero attached hydrogens (tertiary/aromatic N) is 1. The Morgan fingerprint density at radius 1 is 1.46 bits per heavy atom. The van der Waals surface area contributed by atoms with E-state index < -0.39 is 0 Å². The lowest BCUT2D eigenvalue weighted by atomic mass is 10.2. The summed E-state index contributed by atoms with van der Waals surface area (Å²) in [6, 6.07) is 0.318. The maximum atomic E-state index is 5.26. The van der Waals surface area contributed by atoms with Crippen LogP contribution in [0.1, 0.15) is 27.2 Å². The molecule has 2 nitrogen and oxygen atoms in total. The van der Waals surface area contributed by atoms with Crippen LogP contribution in [0.25, 0.3) is 0 Å². The van der Waals surface area contributed by atoms with Crippen LogP contribution in [-0.2, 0) is 4.74 Å². The first-order valence-corrected chi connectivity index (χ1v) is 4.96. The summed E-state index contributed by atoms with van der Waals surface area (Å²) in [5.74, 6) is 5.98. The molecule has 0 aliphatic carbocycles. The number of rotatable bonds is 0. The van der Waals surface area contributed by atoms with Gasteiger partial charge in [-0.25, -0.2) is 0 Å². The third kappa shape index (κ3) is 5.68. The minimum atomic E-state index is 0.318. The lowest BCUT2D eigenvalue weighted by Crippen LogP contribution is -2.41. The summed E-state index contributed by atoms with van der Waals surface area (Å²) in [6.07, 6.45) is 1.25. The molecule has 1 fully saturated rings. The average Bonchev–Trinajstić information content (AvgIpc) is 2.11. The lowest BCUT2D eigenvalue weighted by Gasteiger charge is -2.28. The third-order valence-corrected chi connectivity index (χ3v) is 1.71. The van der Waals surface area contributed by atoms with Crippen LogP contribution in [0.2, 0.25) is 0 Å². The first kappa shape index (κ1) is 12.5. The summed E-state index contributed by atoms with van der Waals surface area (Å²) in [5.41, 5.74) is 0. The van der Waals surface area contributed by atoms with Gasteiger partial charge >= 0.3 is 0 Å². The third-order valence-electron chi connectivity index (χ3n) is 1.71. The first-order valence-electron chi connectivity index (χ1n) is 4.96. The normalized spacial score (nSPS) is 22.3. The number of hydrogen-bond acceptors (Lipinski definition) is 2. The molecule has 0 aromatic heterocycles. The largest absolute Gasteiger partial charge is 0.377 e. The zero-order valence-electron chi connectivity index (χ0n) is 9.26. The van der Waals surface area contributed by atoms with Gasteiger partial charge in [0.1, 0.15) is 0 Å². The monoisotopic (exact) mass is 183 g/mol. The van der Waals surface area contributed by atoms with Gasteiger partial charge in [-0.15, -0.1) is 5.92 Å². The summed E-state index contributed by atoms with van der Waals surface area (Å²) in [7, 11) is 2.08. The van der Waals surface area contributed by atoms with Crippen molar-refractivity contribution in [2.45, 2.75) is 33.2 Å². The molecule has 1 atom stereocenters. The second-order valence-electron chi connectivity index (χ2n) is 3.17. The molecule has 1 aliphatic heterocycles. The highest BCUT2D eigenvalue weighted by molar-refractivity contribution is 5.06. The Balaban J connectivity index is 0.000000424. The Bertz CT molecular complexity index is 169. The molecule has 1 rings (SSSR count). The Labute approximate surface area is 82.3 Å². The number of morpholine rings is 1. The van der Waals surface area contributed by atoms with Gasteiger partial charge in [-0.05, 0) is 14.0 Å². The second-order valence-corrected chi connectivity index (χ2v) is 3.17. The summed E-state index contributed by atoms with van der Waals surface area (Å²) in [5, 5.41) is 0. The van der Waals surface area contributed by atoms with E-state index in [2.05, 4.69) is 37.6 Å². The molecule has 2 heteroatoms. The molecule has 13 heavy (non-hydrogen) atoms. The Kier molecular flexibility index (Phi) is 7.77. The van der Waals surface area contributed by atoms with E-state index in [0.717, 1.165) is 19.8 Å². The van der Waals surface area contributed by atoms with E-state index in [-0.39, 0.29) is 0 Å². The Hall–Kier alpha value is -0.520. The van der Waals surface area contributed by atoms with Gasteiger partial charge in [0.25, 0.3) is 0 Å². The van der Waals surface area contributed by atoms with Crippen LogP contribution in [0, 0.1) is 11.8 Å². The van der Waals surface area contributed by atoms with E-state index in [1.165, 1.54) is 6.42 Å². The maximum absolute atomic E-state index is 5.26. The van der Waals surface area contributed by atoms with E-state index in [1.54, 1.807) is 0 Å². The smallest absolute Gasteiger partial charge is 0.0949 e. The molecule has 0 amide bonds. The first-order chi connectivity index (χ1) is 6.26. The molecule has 0 aromatic rings. The Morgan fingerprint density at radius 3 is 2.54 bits per heavy atom. The second kappa shape index (κ2) is 8.10. The topological polar surface area (TPSA) is 12.5 Å². The van der Waals surface area contributed by atoms with Gasteiger partial charge < -0.3 is 4.74 Å². The van der Waals surface area contributed by atoms with E-state index in [4.69, 9.17) is 4.74 Å². The summed E-state index contributed by atoms with van der Waals surface area (Å²) >= 11 is 0. The minimum Gasteiger partial charge on any atom is -0.377 e. The van der Waals surface area contributed by atoms with Crippen LogP contribution in [0.15, 0.2) is 0 Å². The van der Waals surface area contributed by atoms with Gasteiger partial charge in [0.2, 0.25) is 0 Å². The number of ether oxygens (including phenoxy) is 1. The molecule has 0 saturated carbocycles. The van der Waals surface area contributed by atoms with Gasteiger partial charge in [-0.3, -0.25) is 4.90 Å². The van der Waals surface area contributed by atoms with Crippen molar-refractivity contribution in [1.82, 2.24) is 4.90 Å².